The summed E-state index contributed by atoms with van der Waals surface area (Å²) in [7, 11) is 0. The Morgan fingerprint density at radius 1 is 1.25 bits per heavy atom. The number of hydrogen-bond acceptors (Lipinski definition) is 1. The largest absolute Gasteiger partial charge is 0.456 e. The second-order valence-corrected chi connectivity index (χ2v) is 2.08. The Balaban J connectivity index is 0.000000378. The summed E-state index contributed by atoms with van der Waals surface area (Å²) in [6.45, 7) is 4.00. The van der Waals surface area contributed by atoms with Crippen LogP contribution in [0.5, 0.6) is 0 Å². The Bertz CT molecular complexity index is 256. The van der Waals surface area contributed by atoms with E-state index in [0.29, 0.717) is 0 Å². The van der Waals surface area contributed by atoms with Crippen molar-refractivity contribution in [3.05, 3.63) is 29.8 Å². The van der Waals surface area contributed by atoms with Crippen molar-refractivity contribution in [1.29, 1.82) is 0 Å². The van der Waals surface area contributed by atoms with Crippen molar-refractivity contribution in [2.24, 2.45) is 4.99 Å². The summed E-state index contributed by atoms with van der Waals surface area (Å²) in [4.78, 5) is 4.05. The fraction of sp³-hybridized carbons (Fsp3) is 0.300. The predicted octanol–water partition coefficient (Wildman–Crippen LogP) is 2.85. The Morgan fingerprint density at radius 2 is 1.92 bits per heavy atom. The molecular formula is C10H12NY-. The molecule has 2 heteroatoms. The summed E-state index contributed by atoms with van der Waals surface area (Å²) < 4.78 is 0. The Morgan fingerprint density at radius 3 is 2.58 bits per heavy atom. The molecule has 1 aromatic rings. The normalized spacial score (nSPS) is 10.8. The third kappa shape index (κ3) is 2.80. The summed E-state index contributed by atoms with van der Waals surface area (Å²) in [6.07, 6.45) is 3.80. The molecule has 1 nitrogen and oxygen atoms in total. The van der Waals surface area contributed by atoms with E-state index < -0.39 is 0 Å². The smallest absolute Gasteiger partial charge is 0 e. The topological polar surface area (TPSA) is 12.4 Å². The molecule has 2 rings (SSSR count). The molecule has 1 aromatic carbocycles. The number of fused-ring (bicyclic) bond motifs is 1. The third-order valence-corrected chi connectivity index (χ3v) is 1.46. The van der Waals surface area contributed by atoms with Crippen LogP contribution in [0.3, 0.4) is 0 Å². The number of aliphatic imine (C=N–C) groups is 1. The van der Waals surface area contributed by atoms with E-state index in [1.54, 1.807) is 0 Å². The van der Waals surface area contributed by atoms with Crippen molar-refractivity contribution in [3.8, 4) is 0 Å². The van der Waals surface area contributed by atoms with E-state index in [4.69, 9.17) is 0 Å². The molecule has 0 atom stereocenters. The maximum absolute atomic E-state index is 4.05. The van der Waals surface area contributed by atoms with Gasteiger partial charge in [0, 0.05) is 32.7 Å². The molecule has 0 spiro atoms. The SMILES string of the molecule is CC.[C-]1=Nc2ccccc2C1.[Y]. The first kappa shape index (κ1) is 12.0. The second-order valence-electron chi connectivity index (χ2n) is 2.08. The van der Waals surface area contributed by atoms with Gasteiger partial charge in [0.05, 0.1) is 0 Å². The molecule has 0 aromatic heterocycles. The zero-order chi connectivity index (χ0) is 8.10. The van der Waals surface area contributed by atoms with Gasteiger partial charge in [-0.1, -0.05) is 44.2 Å². The molecule has 0 amide bonds. The number of nitrogens with zero attached hydrogens (tertiary/aromatic N) is 1. The van der Waals surface area contributed by atoms with Crippen molar-refractivity contribution >= 4 is 11.9 Å². The number of hydrogen-bond donors (Lipinski definition) is 0. The van der Waals surface area contributed by atoms with Gasteiger partial charge >= 0.3 is 0 Å². The molecule has 0 N–H and O–H groups in total. The molecule has 0 saturated heterocycles. The molecule has 61 valence electrons. The summed E-state index contributed by atoms with van der Waals surface area (Å²) in [5.41, 5.74) is 2.37. The average molecular weight is 235 g/mol. The molecule has 0 aliphatic carbocycles. The summed E-state index contributed by atoms with van der Waals surface area (Å²) in [6, 6.07) is 8.12. The van der Waals surface area contributed by atoms with E-state index in [2.05, 4.69) is 17.3 Å². The molecular weight excluding hydrogens is 223 g/mol. The molecule has 0 unspecified atom stereocenters. The van der Waals surface area contributed by atoms with Crippen LogP contribution in [0.1, 0.15) is 19.4 Å². The molecule has 1 aliphatic heterocycles. The van der Waals surface area contributed by atoms with Gasteiger partial charge < -0.3 is 4.99 Å². The van der Waals surface area contributed by atoms with Crippen LogP contribution in [0, 0.1) is 0 Å². The van der Waals surface area contributed by atoms with Gasteiger partial charge in [-0.15, -0.1) is 11.6 Å². The van der Waals surface area contributed by atoms with Crippen molar-refractivity contribution in [1.82, 2.24) is 0 Å². The van der Waals surface area contributed by atoms with Gasteiger partial charge in [-0.05, 0) is 0 Å². The van der Waals surface area contributed by atoms with E-state index in [-0.39, 0.29) is 32.7 Å². The second kappa shape index (κ2) is 6.50. The molecule has 1 radical (unpaired) electrons. The molecule has 12 heavy (non-hydrogen) atoms. The predicted molar refractivity (Wildman–Crippen MR) is 48.6 cm³/mol. The maximum atomic E-state index is 4.05. The third-order valence-electron chi connectivity index (χ3n) is 1.46. The molecule has 0 bridgehead atoms. The Kier molecular flexibility index (Phi) is 6.50. The molecule has 0 saturated carbocycles. The number of para-hydroxylation sites is 1. The van der Waals surface area contributed by atoms with Gasteiger partial charge in [0.1, 0.15) is 0 Å². The quantitative estimate of drug-likeness (QED) is 0.613. The van der Waals surface area contributed by atoms with Crippen molar-refractivity contribution in [2.75, 3.05) is 0 Å². The van der Waals surface area contributed by atoms with Gasteiger partial charge in [0.2, 0.25) is 0 Å². The van der Waals surface area contributed by atoms with Crippen LogP contribution in [0.25, 0.3) is 0 Å². The minimum Gasteiger partial charge on any atom is -0.456 e. The van der Waals surface area contributed by atoms with Crippen LogP contribution < -0.4 is 0 Å². The summed E-state index contributed by atoms with van der Waals surface area (Å²) in [5, 5.41) is 0. The van der Waals surface area contributed by atoms with E-state index in [0.717, 1.165) is 12.1 Å². The molecule has 1 heterocycles. The fourth-order valence-electron chi connectivity index (χ4n) is 0.979. The summed E-state index contributed by atoms with van der Waals surface area (Å²) >= 11 is 0. The Labute approximate surface area is 99.2 Å². The van der Waals surface area contributed by atoms with Gasteiger partial charge in [0.15, 0.2) is 0 Å². The van der Waals surface area contributed by atoms with Crippen molar-refractivity contribution < 1.29 is 32.7 Å². The number of benzene rings is 1. The van der Waals surface area contributed by atoms with Crippen LogP contribution in [0.4, 0.5) is 5.69 Å². The average Bonchev–Trinajstić information content (AvgIpc) is 2.55. The molecule has 0 fully saturated rings. The van der Waals surface area contributed by atoms with Gasteiger partial charge in [-0.3, -0.25) is 0 Å². The van der Waals surface area contributed by atoms with Crippen LogP contribution >= 0.6 is 0 Å². The van der Waals surface area contributed by atoms with E-state index >= 15 is 0 Å². The number of rotatable bonds is 0. The zero-order valence-electron chi connectivity index (χ0n) is 7.54. The minimum absolute atomic E-state index is 0. The van der Waals surface area contributed by atoms with Crippen LogP contribution in [0.15, 0.2) is 29.3 Å². The maximum Gasteiger partial charge on any atom is 0 e. The standard InChI is InChI=1S/C8H6N.C2H6.Y/c1-2-4-8-7(3-1)5-6-9-8;1-2;/h1-4H,5H2;1-2H3;/q-1;;. The van der Waals surface area contributed by atoms with Gasteiger partial charge in [-0.2, -0.15) is 6.21 Å². The van der Waals surface area contributed by atoms with E-state index in [1.807, 2.05) is 32.0 Å². The van der Waals surface area contributed by atoms with Crippen LogP contribution in [-0.2, 0) is 39.1 Å². The van der Waals surface area contributed by atoms with Gasteiger partial charge in [0.25, 0.3) is 0 Å². The Hall–Kier alpha value is -0.00610. The summed E-state index contributed by atoms with van der Waals surface area (Å²) in [5.74, 6) is 0. The molecule has 1 aliphatic rings. The van der Waals surface area contributed by atoms with Crippen molar-refractivity contribution in [2.45, 2.75) is 20.3 Å². The van der Waals surface area contributed by atoms with Crippen molar-refractivity contribution in [3.63, 3.8) is 0 Å². The minimum atomic E-state index is 0. The van der Waals surface area contributed by atoms with Crippen LogP contribution in [0.2, 0.25) is 0 Å². The van der Waals surface area contributed by atoms with Crippen LogP contribution in [-0.4, -0.2) is 6.21 Å². The first-order valence-corrected chi connectivity index (χ1v) is 3.98. The fourth-order valence-corrected chi connectivity index (χ4v) is 0.979. The zero-order valence-corrected chi connectivity index (χ0v) is 10.4. The first-order valence-electron chi connectivity index (χ1n) is 3.98. The van der Waals surface area contributed by atoms with Gasteiger partial charge in [-0.25, -0.2) is 0 Å². The van der Waals surface area contributed by atoms with E-state index in [9.17, 15) is 0 Å². The monoisotopic (exact) mass is 235 g/mol. The first-order chi connectivity index (χ1) is 5.47. The van der Waals surface area contributed by atoms with E-state index in [1.165, 1.54) is 5.56 Å².